The normalized spacial score (nSPS) is 37.3. The van der Waals surface area contributed by atoms with Crippen LogP contribution in [0.1, 0.15) is 20.3 Å². The van der Waals surface area contributed by atoms with E-state index in [-0.39, 0.29) is 36.8 Å². The minimum atomic E-state index is -0.366. The summed E-state index contributed by atoms with van der Waals surface area (Å²) >= 11 is 0. The first-order valence-electron chi connectivity index (χ1n) is 3.70. The summed E-state index contributed by atoms with van der Waals surface area (Å²) in [6, 6.07) is -0.262. The Bertz CT molecular complexity index is 121. The molecule has 1 aliphatic heterocycles. The molecule has 0 aromatic heterocycles. The first-order valence-corrected chi connectivity index (χ1v) is 3.70. The maximum atomic E-state index is 9.32. The third-order valence-corrected chi connectivity index (χ3v) is 1.84. The molecular formula is C7H13BO2V. The minimum Gasteiger partial charge on any atom is -0.390 e. The summed E-state index contributed by atoms with van der Waals surface area (Å²) in [4.78, 5) is 0. The fraction of sp³-hybridized carbons (Fsp3) is 1.00. The van der Waals surface area contributed by atoms with Gasteiger partial charge in [0.05, 0.1) is 12.2 Å². The zero-order valence-corrected chi connectivity index (χ0v) is 8.29. The first kappa shape index (κ1) is 11.6. The average molecular weight is 191 g/mol. The van der Waals surface area contributed by atoms with Crippen LogP contribution < -0.4 is 0 Å². The number of hydrogen-bond donors (Lipinski definition) is 1. The van der Waals surface area contributed by atoms with Crippen molar-refractivity contribution < 1.29 is 28.4 Å². The summed E-state index contributed by atoms with van der Waals surface area (Å²) in [6.07, 6.45) is 0.146. The molecule has 3 radical (unpaired) electrons. The Morgan fingerprint density at radius 1 is 1.55 bits per heavy atom. The van der Waals surface area contributed by atoms with Crippen molar-refractivity contribution in [1.82, 2.24) is 0 Å². The molecule has 0 aromatic carbocycles. The maximum absolute atomic E-state index is 9.32. The SMILES string of the molecule is [B]C1CC(O)C(C(C)C)O1.[V]. The Morgan fingerprint density at radius 3 is 2.27 bits per heavy atom. The number of aliphatic hydroxyl groups excluding tert-OH is 1. The number of rotatable bonds is 1. The Hall–Kier alpha value is 0.569. The van der Waals surface area contributed by atoms with Crippen LogP contribution in [-0.2, 0) is 23.3 Å². The fourth-order valence-electron chi connectivity index (χ4n) is 1.32. The molecule has 1 aliphatic rings. The van der Waals surface area contributed by atoms with Crippen LogP contribution in [0.2, 0.25) is 0 Å². The van der Waals surface area contributed by atoms with Gasteiger partial charge in [-0.3, -0.25) is 0 Å². The van der Waals surface area contributed by atoms with Gasteiger partial charge in [0.15, 0.2) is 0 Å². The monoisotopic (exact) mass is 191 g/mol. The van der Waals surface area contributed by atoms with Crippen LogP contribution >= 0.6 is 0 Å². The third kappa shape index (κ3) is 2.83. The van der Waals surface area contributed by atoms with Gasteiger partial charge in [-0.15, -0.1) is 0 Å². The van der Waals surface area contributed by atoms with Gasteiger partial charge in [-0.05, 0) is 12.3 Å². The fourth-order valence-corrected chi connectivity index (χ4v) is 1.32. The second-order valence-corrected chi connectivity index (χ2v) is 3.19. The van der Waals surface area contributed by atoms with E-state index >= 15 is 0 Å². The largest absolute Gasteiger partial charge is 0.390 e. The van der Waals surface area contributed by atoms with Crippen molar-refractivity contribution in [2.24, 2.45) is 5.92 Å². The molecular weight excluding hydrogens is 178 g/mol. The van der Waals surface area contributed by atoms with Crippen molar-refractivity contribution in [3.63, 3.8) is 0 Å². The van der Waals surface area contributed by atoms with Crippen molar-refractivity contribution in [3.05, 3.63) is 0 Å². The van der Waals surface area contributed by atoms with E-state index in [0.29, 0.717) is 12.3 Å². The molecule has 1 fully saturated rings. The van der Waals surface area contributed by atoms with Crippen LogP contribution in [-0.4, -0.2) is 31.2 Å². The van der Waals surface area contributed by atoms with E-state index in [2.05, 4.69) is 0 Å². The van der Waals surface area contributed by atoms with E-state index in [1.54, 1.807) is 0 Å². The molecule has 1 N–H and O–H groups in total. The Kier molecular flexibility index (Phi) is 4.80. The van der Waals surface area contributed by atoms with Crippen LogP contribution in [0.4, 0.5) is 0 Å². The predicted octanol–water partition coefficient (Wildman–Crippen LogP) is 0.284. The molecule has 0 amide bonds. The summed E-state index contributed by atoms with van der Waals surface area (Å²) in [5.74, 6) is 0.351. The van der Waals surface area contributed by atoms with Gasteiger partial charge >= 0.3 is 0 Å². The van der Waals surface area contributed by atoms with Gasteiger partial charge in [-0.2, -0.15) is 0 Å². The summed E-state index contributed by atoms with van der Waals surface area (Å²) in [6.45, 7) is 4.04. The zero-order chi connectivity index (χ0) is 7.72. The second kappa shape index (κ2) is 4.56. The van der Waals surface area contributed by atoms with Crippen LogP contribution in [0.15, 0.2) is 0 Å². The molecule has 3 atom stereocenters. The summed E-state index contributed by atoms with van der Waals surface area (Å²) in [5, 5.41) is 9.32. The molecule has 0 aromatic rings. The molecule has 0 saturated carbocycles. The number of ether oxygens (including phenoxy) is 1. The molecule has 0 bridgehead atoms. The van der Waals surface area contributed by atoms with Gasteiger partial charge in [0.2, 0.25) is 0 Å². The first-order chi connectivity index (χ1) is 4.61. The molecule has 61 valence electrons. The Morgan fingerprint density at radius 2 is 2.09 bits per heavy atom. The summed E-state index contributed by atoms with van der Waals surface area (Å²) < 4.78 is 5.26. The molecule has 2 nitrogen and oxygen atoms in total. The Labute approximate surface area is 81.0 Å². The molecule has 1 saturated heterocycles. The number of aliphatic hydroxyl groups is 1. The van der Waals surface area contributed by atoms with Gasteiger partial charge in [-0.1, -0.05) is 13.8 Å². The molecule has 11 heavy (non-hydrogen) atoms. The quantitative estimate of drug-likeness (QED) is 0.603. The van der Waals surface area contributed by atoms with E-state index in [9.17, 15) is 5.11 Å². The van der Waals surface area contributed by atoms with Crippen LogP contribution in [0.3, 0.4) is 0 Å². The summed E-state index contributed by atoms with van der Waals surface area (Å²) in [5.41, 5.74) is 0. The predicted molar refractivity (Wildman–Crippen MR) is 39.9 cm³/mol. The average Bonchev–Trinajstić information content (AvgIpc) is 2.10. The van der Waals surface area contributed by atoms with Crippen LogP contribution in [0.5, 0.6) is 0 Å². The van der Waals surface area contributed by atoms with Gasteiger partial charge < -0.3 is 9.84 Å². The second-order valence-electron chi connectivity index (χ2n) is 3.19. The van der Waals surface area contributed by atoms with Crippen molar-refractivity contribution in [2.45, 2.75) is 38.5 Å². The topological polar surface area (TPSA) is 29.5 Å². The smallest absolute Gasteiger partial charge is 0.109 e. The molecule has 0 aliphatic carbocycles. The van der Waals surface area contributed by atoms with E-state index in [1.807, 2.05) is 13.8 Å². The Balaban J connectivity index is 0.000001000. The third-order valence-electron chi connectivity index (χ3n) is 1.84. The minimum absolute atomic E-state index is 0. The van der Waals surface area contributed by atoms with Crippen molar-refractivity contribution >= 4 is 7.85 Å². The summed E-state index contributed by atoms with van der Waals surface area (Å²) in [7, 11) is 5.47. The van der Waals surface area contributed by atoms with Gasteiger partial charge in [0.1, 0.15) is 7.85 Å². The van der Waals surface area contributed by atoms with Gasteiger partial charge in [-0.25, -0.2) is 0 Å². The van der Waals surface area contributed by atoms with E-state index in [4.69, 9.17) is 12.6 Å². The zero-order valence-electron chi connectivity index (χ0n) is 6.90. The van der Waals surface area contributed by atoms with Crippen molar-refractivity contribution in [3.8, 4) is 0 Å². The van der Waals surface area contributed by atoms with Gasteiger partial charge in [0, 0.05) is 24.6 Å². The molecule has 1 heterocycles. The van der Waals surface area contributed by atoms with Crippen LogP contribution in [0, 0.1) is 5.92 Å². The molecule has 3 unspecified atom stereocenters. The van der Waals surface area contributed by atoms with E-state index in [1.165, 1.54) is 0 Å². The maximum Gasteiger partial charge on any atom is 0.109 e. The van der Waals surface area contributed by atoms with Crippen molar-refractivity contribution in [1.29, 1.82) is 0 Å². The van der Waals surface area contributed by atoms with E-state index in [0.717, 1.165) is 0 Å². The molecule has 4 heteroatoms. The van der Waals surface area contributed by atoms with E-state index < -0.39 is 0 Å². The van der Waals surface area contributed by atoms with Gasteiger partial charge in [0.25, 0.3) is 0 Å². The number of hydrogen-bond acceptors (Lipinski definition) is 2. The molecule has 0 spiro atoms. The molecule has 1 rings (SSSR count). The standard InChI is InChI=1S/C7H13BO2.V/c1-4(2)7-5(9)3-6(8)10-7;/h4-7,9H,3H2,1-2H3;. The van der Waals surface area contributed by atoms with Crippen molar-refractivity contribution in [2.75, 3.05) is 0 Å². The van der Waals surface area contributed by atoms with Crippen LogP contribution in [0.25, 0.3) is 0 Å².